The van der Waals surface area contributed by atoms with Crippen LogP contribution >= 0.6 is 0 Å². The molecule has 0 radical (unpaired) electrons. The van der Waals surface area contributed by atoms with Crippen molar-refractivity contribution in [2.45, 2.75) is 6.92 Å². The highest BCUT2D eigenvalue weighted by Gasteiger charge is 2.14. The maximum atomic E-state index is 11.7. The minimum Gasteiger partial charge on any atom is -0.495 e. The number of benzene rings is 1. The molecule has 0 aliphatic carbocycles. The number of ether oxygens (including phenoxy) is 1. The molecule has 0 aliphatic heterocycles. The zero-order chi connectivity index (χ0) is 16.8. The summed E-state index contributed by atoms with van der Waals surface area (Å²) in [7, 11) is 3.53. The van der Waals surface area contributed by atoms with Gasteiger partial charge in [-0.2, -0.15) is 5.10 Å². The van der Waals surface area contributed by atoms with Gasteiger partial charge in [0.15, 0.2) is 0 Å². The van der Waals surface area contributed by atoms with Crippen LogP contribution in [0.2, 0.25) is 0 Å². The number of H-pyrrole nitrogens is 1. The summed E-state index contributed by atoms with van der Waals surface area (Å²) in [5, 5.41) is 6.28. The van der Waals surface area contributed by atoms with Crippen LogP contribution in [-0.4, -0.2) is 26.9 Å². The third-order valence-corrected chi connectivity index (χ3v) is 4.15. The molecule has 3 heterocycles. The van der Waals surface area contributed by atoms with Crippen LogP contribution < -0.4 is 10.3 Å². The number of rotatable bonds is 2. The molecular formula is C18H16N4O2. The van der Waals surface area contributed by atoms with Gasteiger partial charge in [-0.1, -0.05) is 0 Å². The van der Waals surface area contributed by atoms with Gasteiger partial charge in [-0.15, -0.1) is 0 Å². The van der Waals surface area contributed by atoms with Crippen molar-refractivity contribution in [2.24, 2.45) is 7.05 Å². The summed E-state index contributed by atoms with van der Waals surface area (Å²) in [6, 6.07) is 7.74. The second-order valence-electron chi connectivity index (χ2n) is 5.82. The maximum Gasteiger partial charge on any atom is 0.251 e. The summed E-state index contributed by atoms with van der Waals surface area (Å²) in [5.74, 6) is 0.744. The predicted octanol–water partition coefficient (Wildman–Crippen LogP) is 2.79. The molecule has 0 unspecified atom stereocenters. The van der Waals surface area contributed by atoms with E-state index < -0.39 is 0 Å². The molecule has 0 bridgehead atoms. The number of hydrogen-bond donors (Lipinski definition) is 1. The van der Waals surface area contributed by atoms with Crippen LogP contribution in [-0.2, 0) is 7.05 Å². The summed E-state index contributed by atoms with van der Waals surface area (Å²) in [6.07, 6.45) is 3.61. The van der Waals surface area contributed by atoms with Gasteiger partial charge < -0.3 is 9.72 Å². The van der Waals surface area contributed by atoms with E-state index in [9.17, 15) is 4.79 Å². The Morgan fingerprint density at radius 2 is 2.08 bits per heavy atom. The lowest BCUT2D eigenvalue weighted by Crippen LogP contribution is -2.08. The second-order valence-corrected chi connectivity index (χ2v) is 5.82. The van der Waals surface area contributed by atoms with Crippen molar-refractivity contribution in [1.82, 2.24) is 19.7 Å². The van der Waals surface area contributed by atoms with Crippen molar-refractivity contribution >= 4 is 21.8 Å². The zero-order valence-corrected chi connectivity index (χ0v) is 13.6. The molecule has 3 aromatic heterocycles. The average molecular weight is 320 g/mol. The van der Waals surface area contributed by atoms with Crippen molar-refractivity contribution < 1.29 is 4.74 Å². The van der Waals surface area contributed by atoms with Crippen LogP contribution in [0.25, 0.3) is 33.1 Å². The Morgan fingerprint density at radius 3 is 2.88 bits per heavy atom. The number of nitrogens with one attached hydrogen (secondary N) is 1. The molecule has 0 saturated heterocycles. The molecule has 4 aromatic rings. The minimum atomic E-state index is -0.0913. The van der Waals surface area contributed by atoms with Crippen LogP contribution in [0.15, 0.2) is 41.5 Å². The SMILES string of the molecule is COc1c(-c2cc3cc(C)c(=O)[nH]c3cn2)ccc2nn(C)cc12. The van der Waals surface area contributed by atoms with E-state index in [0.29, 0.717) is 5.56 Å². The van der Waals surface area contributed by atoms with E-state index in [0.717, 1.165) is 38.8 Å². The smallest absolute Gasteiger partial charge is 0.251 e. The van der Waals surface area contributed by atoms with Gasteiger partial charge in [0.1, 0.15) is 5.75 Å². The van der Waals surface area contributed by atoms with Crippen LogP contribution in [0.4, 0.5) is 0 Å². The molecule has 0 aliphatic rings. The number of hydrogen-bond acceptors (Lipinski definition) is 4. The van der Waals surface area contributed by atoms with Crippen LogP contribution in [0.5, 0.6) is 5.75 Å². The van der Waals surface area contributed by atoms with Gasteiger partial charge >= 0.3 is 0 Å². The highest BCUT2D eigenvalue weighted by molar-refractivity contribution is 5.93. The van der Waals surface area contributed by atoms with Crippen LogP contribution in [0, 0.1) is 6.92 Å². The van der Waals surface area contributed by atoms with Gasteiger partial charge in [-0.05, 0) is 31.2 Å². The van der Waals surface area contributed by atoms with E-state index in [-0.39, 0.29) is 5.56 Å². The average Bonchev–Trinajstić information content (AvgIpc) is 2.95. The Hall–Kier alpha value is -3.15. The largest absolute Gasteiger partial charge is 0.495 e. The zero-order valence-electron chi connectivity index (χ0n) is 13.6. The van der Waals surface area contributed by atoms with Crippen molar-refractivity contribution in [3.63, 3.8) is 0 Å². The molecule has 0 amide bonds. The number of methoxy groups -OCH3 is 1. The number of aryl methyl sites for hydroxylation is 2. The molecule has 6 nitrogen and oxygen atoms in total. The lowest BCUT2D eigenvalue weighted by Gasteiger charge is -2.10. The molecular weight excluding hydrogens is 304 g/mol. The van der Waals surface area contributed by atoms with Crippen molar-refractivity contribution in [1.29, 1.82) is 0 Å². The van der Waals surface area contributed by atoms with Crippen LogP contribution in [0.3, 0.4) is 0 Å². The Labute approximate surface area is 137 Å². The van der Waals surface area contributed by atoms with E-state index >= 15 is 0 Å². The number of aromatic nitrogens is 4. The van der Waals surface area contributed by atoms with Gasteiger partial charge in [0.25, 0.3) is 5.56 Å². The van der Waals surface area contributed by atoms with Crippen molar-refractivity contribution in [3.8, 4) is 17.0 Å². The lowest BCUT2D eigenvalue weighted by atomic mass is 10.1. The molecule has 4 rings (SSSR count). The highest BCUT2D eigenvalue weighted by atomic mass is 16.5. The summed E-state index contributed by atoms with van der Waals surface area (Å²) in [4.78, 5) is 19.1. The Balaban J connectivity index is 1.98. The number of nitrogens with zero attached hydrogens (tertiary/aromatic N) is 3. The number of fused-ring (bicyclic) bond motifs is 2. The maximum absolute atomic E-state index is 11.7. The fourth-order valence-electron chi connectivity index (χ4n) is 2.97. The van der Waals surface area contributed by atoms with Gasteiger partial charge in [-0.25, -0.2) is 0 Å². The summed E-state index contributed by atoms with van der Waals surface area (Å²) >= 11 is 0. The monoisotopic (exact) mass is 320 g/mol. The normalized spacial score (nSPS) is 11.3. The van der Waals surface area contributed by atoms with E-state index in [1.165, 1.54) is 0 Å². The van der Waals surface area contributed by atoms with Crippen molar-refractivity contribution in [3.05, 3.63) is 52.6 Å². The highest BCUT2D eigenvalue weighted by Crippen LogP contribution is 2.36. The first kappa shape index (κ1) is 14.4. The van der Waals surface area contributed by atoms with E-state index in [4.69, 9.17) is 4.74 Å². The topological polar surface area (TPSA) is 72.8 Å². The molecule has 6 heteroatoms. The third kappa shape index (κ3) is 2.15. The number of aromatic amines is 1. The first-order valence-corrected chi connectivity index (χ1v) is 7.57. The fraction of sp³-hybridized carbons (Fsp3) is 0.167. The Morgan fingerprint density at radius 1 is 1.25 bits per heavy atom. The van der Waals surface area contributed by atoms with E-state index in [1.807, 2.05) is 37.5 Å². The molecule has 1 N–H and O–H groups in total. The summed E-state index contributed by atoms with van der Waals surface area (Å²) in [5.41, 5.74) is 3.86. The van der Waals surface area contributed by atoms with E-state index in [1.54, 1.807) is 24.9 Å². The predicted molar refractivity (Wildman–Crippen MR) is 93.4 cm³/mol. The minimum absolute atomic E-state index is 0.0913. The quantitative estimate of drug-likeness (QED) is 0.616. The van der Waals surface area contributed by atoms with Gasteiger partial charge in [0, 0.05) is 29.8 Å². The van der Waals surface area contributed by atoms with Crippen molar-refractivity contribution in [2.75, 3.05) is 7.11 Å². The molecule has 0 saturated carbocycles. The standard InChI is InChI=1S/C18H16N4O2/c1-10-6-11-7-15(19-8-16(11)20-18(10)23)12-4-5-14-13(17(12)24-3)9-22(2)21-14/h4-9H,1-3H3,(H,20,23). The third-order valence-electron chi connectivity index (χ3n) is 4.15. The van der Waals surface area contributed by atoms with Gasteiger partial charge in [-0.3, -0.25) is 14.5 Å². The second kappa shape index (κ2) is 5.19. The molecule has 24 heavy (non-hydrogen) atoms. The summed E-state index contributed by atoms with van der Waals surface area (Å²) in [6.45, 7) is 1.79. The molecule has 120 valence electrons. The Bertz CT molecular complexity index is 1140. The Kier molecular flexibility index (Phi) is 3.13. The first-order chi connectivity index (χ1) is 11.6. The fourth-order valence-corrected chi connectivity index (χ4v) is 2.97. The molecule has 1 aromatic carbocycles. The van der Waals surface area contributed by atoms with Gasteiger partial charge in [0.2, 0.25) is 0 Å². The lowest BCUT2D eigenvalue weighted by molar-refractivity contribution is 0.421. The molecule has 0 spiro atoms. The first-order valence-electron chi connectivity index (χ1n) is 7.57. The van der Waals surface area contributed by atoms with Crippen LogP contribution in [0.1, 0.15) is 5.56 Å². The van der Waals surface area contributed by atoms with Gasteiger partial charge in [0.05, 0.1) is 35.4 Å². The molecule has 0 fully saturated rings. The number of pyridine rings is 2. The van der Waals surface area contributed by atoms with E-state index in [2.05, 4.69) is 15.1 Å². The summed E-state index contributed by atoms with van der Waals surface area (Å²) < 4.78 is 7.39. The molecule has 0 atom stereocenters.